The van der Waals surface area contributed by atoms with E-state index in [0.717, 1.165) is 17.7 Å². The molecule has 0 saturated carbocycles. The van der Waals surface area contributed by atoms with Gasteiger partial charge in [0.2, 0.25) is 0 Å². The van der Waals surface area contributed by atoms with Gasteiger partial charge in [0.1, 0.15) is 5.82 Å². The predicted molar refractivity (Wildman–Crippen MR) is 86.7 cm³/mol. The second-order valence-corrected chi connectivity index (χ2v) is 6.70. The zero-order valence-electron chi connectivity index (χ0n) is 14.0. The van der Waals surface area contributed by atoms with Gasteiger partial charge in [-0.15, -0.1) is 0 Å². The lowest BCUT2D eigenvalue weighted by molar-refractivity contribution is -0.137. The van der Waals surface area contributed by atoms with Crippen LogP contribution in [0.2, 0.25) is 0 Å². The zero-order valence-corrected chi connectivity index (χ0v) is 14.0. The van der Waals surface area contributed by atoms with E-state index in [-0.39, 0.29) is 12.1 Å². The number of nitrogens with zero attached hydrogens (tertiary/aromatic N) is 2. The van der Waals surface area contributed by atoms with Crippen molar-refractivity contribution in [3.63, 3.8) is 0 Å². The van der Waals surface area contributed by atoms with Crippen molar-refractivity contribution < 1.29 is 18.3 Å². The molecule has 1 saturated heterocycles. The first kappa shape index (κ1) is 17.8. The van der Waals surface area contributed by atoms with E-state index in [2.05, 4.69) is 15.3 Å². The summed E-state index contributed by atoms with van der Waals surface area (Å²) in [5.74, 6) is 0.658. The summed E-state index contributed by atoms with van der Waals surface area (Å²) in [6.07, 6.45) is -0.197. The van der Waals surface area contributed by atoms with Crippen molar-refractivity contribution in [3.8, 4) is 0 Å². The summed E-state index contributed by atoms with van der Waals surface area (Å²) >= 11 is 0. The minimum atomic E-state index is -4.38. The minimum absolute atomic E-state index is 0.00709. The molecule has 1 aromatic carbocycles. The number of rotatable bonds is 2. The first-order chi connectivity index (χ1) is 11.7. The van der Waals surface area contributed by atoms with Crippen LogP contribution in [-0.4, -0.2) is 21.1 Å². The van der Waals surface area contributed by atoms with Crippen molar-refractivity contribution >= 4 is 0 Å². The van der Waals surface area contributed by atoms with Crippen LogP contribution >= 0.6 is 0 Å². The summed E-state index contributed by atoms with van der Waals surface area (Å²) in [4.78, 5) is 8.36. The molecule has 2 N–H and O–H groups in total. The van der Waals surface area contributed by atoms with Crippen LogP contribution in [-0.2, 0) is 11.8 Å². The van der Waals surface area contributed by atoms with Gasteiger partial charge in [-0.1, -0.05) is 12.1 Å². The Kier molecular flexibility index (Phi) is 4.55. The van der Waals surface area contributed by atoms with Gasteiger partial charge in [0.15, 0.2) is 0 Å². The lowest BCUT2D eigenvalue weighted by atomic mass is 9.77. The molecular weight excluding hydrogens is 331 g/mol. The molecule has 1 aliphatic heterocycles. The Labute approximate surface area is 144 Å². The first-order valence-electron chi connectivity index (χ1n) is 8.12. The standard InChI is InChI=1S/C18H20F3N3O/c1-11-7-17(25,14-3-5-15(6-4-14)18(19,20)21)8-16(24-11)13-9-22-12(2)23-10-13/h3-6,9-11,16,24-25H,7-8H2,1-2H3/t11-,16-,17?/m0/s1. The Bertz CT molecular complexity index is 731. The number of halogens is 3. The van der Waals surface area contributed by atoms with E-state index in [1.54, 1.807) is 19.3 Å². The number of aromatic nitrogens is 2. The first-order valence-corrected chi connectivity index (χ1v) is 8.12. The molecule has 134 valence electrons. The number of hydrogen-bond acceptors (Lipinski definition) is 4. The highest BCUT2D eigenvalue weighted by Gasteiger charge is 2.40. The maximum Gasteiger partial charge on any atom is 0.416 e. The molecule has 7 heteroatoms. The number of piperidine rings is 1. The topological polar surface area (TPSA) is 58.0 Å². The highest BCUT2D eigenvalue weighted by molar-refractivity contribution is 5.30. The fraction of sp³-hybridized carbons (Fsp3) is 0.444. The van der Waals surface area contributed by atoms with E-state index in [1.807, 2.05) is 6.92 Å². The lowest BCUT2D eigenvalue weighted by Gasteiger charge is -2.41. The van der Waals surface area contributed by atoms with Crippen molar-refractivity contribution in [3.05, 3.63) is 59.2 Å². The molecule has 4 nitrogen and oxygen atoms in total. The van der Waals surface area contributed by atoms with Gasteiger partial charge in [-0.2, -0.15) is 13.2 Å². The SMILES string of the molecule is Cc1ncc([C@@H]2CC(O)(c3ccc(C(F)(F)F)cc3)C[C@H](C)N2)cn1. The van der Waals surface area contributed by atoms with Gasteiger partial charge in [0, 0.05) is 30.0 Å². The zero-order chi connectivity index (χ0) is 18.2. The van der Waals surface area contributed by atoms with Crippen LogP contribution < -0.4 is 5.32 Å². The van der Waals surface area contributed by atoms with Crippen LogP contribution in [0.4, 0.5) is 13.2 Å². The lowest BCUT2D eigenvalue weighted by Crippen LogP contribution is -2.46. The molecule has 1 fully saturated rings. The normalized spacial score (nSPS) is 27.3. The molecule has 0 amide bonds. The van der Waals surface area contributed by atoms with Crippen LogP contribution in [0.25, 0.3) is 0 Å². The van der Waals surface area contributed by atoms with E-state index in [1.165, 1.54) is 12.1 Å². The summed E-state index contributed by atoms with van der Waals surface area (Å²) in [5, 5.41) is 14.5. The van der Waals surface area contributed by atoms with Gasteiger partial charge in [-0.3, -0.25) is 0 Å². The van der Waals surface area contributed by atoms with Crippen LogP contribution in [0.1, 0.15) is 48.3 Å². The van der Waals surface area contributed by atoms with E-state index in [9.17, 15) is 18.3 Å². The predicted octanol–water partition coefficient (Wildman–Crippen LogP) is 3.50. The minimum Gasteiger partial charge on any atom is -0.385 e. The summed E-state index contributed by atoms with van der Waals surface area (Å²) < 4.78 is 38.2. The second-order valence-electron chi connectivity index (χ2n) is 6.70. The maximum absolute atomic E-state index is 12.7. The number of nitrogens with one attached hydrogen (secondary N) is 1. The molecule has 0 aliphatic carbocycles. The Hall–Kier alpha value is -1.99. The van der Waals surface area contributed by atoms with Crippen molar-refractivity contribution in [2.24, 2.45) is 0 Å². The van der Waals surface area contributed by atoms with Crippen LogP contribution in [0.5, 0.6) is 0 Å². The highest BCUT2D eigenvalue weighted by Crippen LogP contribution is 2.40. The number of aryl methyl sites for hydroxylation is 1. The molecule has 0 radical (unpaired) electrons. The molecule has 2 aromatic rings. The van der Waals surface area contributed by atoms with Crippen molar-refractivity contribution in [1.29, 1.82) is 0 Å². The number of hydrogen-bond donors (Lipinski definition) is 2. The Morgan fingerprint density at radius 3 is 2.28 bits per heavy atom. The molecule has 1 aliphatic rings. The molecule has 3 atom stereocenters. The smallest absolute Gasteiger partial charge is 0.385 e. The van der Waals surface area contributed by atoms with Gasteiger partial charge < -0.3 is 10.4 Å². The summed E-state index contributed by atoms with van der Waals surface area (Å²) in [5.41, 5.74) is -0.579. The second kappa shape index (κ2) is 6.38. The highest BCUT2D eigenvalue weighted by atomic mass is 19.4. The molecule has 1 aromatic heterocycles. The fourth-order valence-electron chi connectivity index (χ4n) is 3.39. The Morgan fingerprint density at radius 2 is 1.72 bits per heavy atom. The average Bonchev–Trinajstić information content (AvgIpc) is 2.54. The Balaban J connectivity index is 1.87. The van der Waals surface area contributed by atoms with Crippen LogP contribution in [0.3, 0.4) is 0 Å². The van der Waals surface area contributed by atoms with E-state index >= 15 is 0 Å². The quantitative estimate of drug-likeness (QED) is 0.869. The van der Waals surface area contributed by atoms with Crippen LogP contribution in [0.15, 0.2) is 36.7 Å². The molecule has 1 unspecified atom stereocenters. The molecule has 3 rings (SSSR count). The summed E-state index contributed by atoms with van der Waals surface area (Å²) in [6.45, 7) is 3.73. The van der Waals surface area contributed by atoms with Gasteiger partial charge in [-0.05, 0) is 44.4 Å². The van der Waals surface area contributed by atoms with Crippen molar-refractivity contribution in [1.82, 2.24) is 15.3 Å². The number of benzene rings is 1. The molecule has 0 bridgehead atoms. The van der Waals surface area contributed by atoms with Crippen molar-refractivity contribution in [2.75, 3.05) is 0 Å². The largest absolute Gasteiger partial charge is 0.416 e. The molecule has 2 heterocycles. The third-order valence-electron chi connectivity index (χ3n) is 4.62. The van der Waals surface area contributed by atoms with Gasteiger partial charge in [0.05, 0.1) is 11.2 Å². The monoisotopic (exact) mass is 351 g/mol. The summed E-state index contributed by atoms with van der Waals surface area (Å²) in [7, 11) is 0. The molecule has 0 spiro atoms. The maximum atomic E-state index is 12.7. The van der Waals surface area contributed by atoms with Gasteiger partial charge >= 0.3 is 6.18 Å². The number of alkyl halides is 3. The third-order valence-corrected chi connectivity index (χ3v) is 4.62. The Morgan fingerprint density at radius 1 is 1.12 bits per heavy atom. The summed E-state index contributed by atoms with van der Waals surface area (Å²) in [6, 6.07) is 4.59. The van der Waals surface area contributed by atoms with E-state index in [4.69, 9.17) is 0 Å². The molecule has 25 heavy (non-hydrogen) atoms. The van der Waals surface area contributed by atoms with Crippen LogP contribution in [0, 0.1) is 6.92 Å². The fourth-order valence-corrected chi connectivity index (χ4v) is 3.39. The van der Waals surface area contributed by atoms with Crippen molar-refractivity contribution in [2.45, 2.75) is 50.6 Å². The van der Waals surface area contributed by atoms with Gasteiger partial charge in [0.25, 0.3) is 0 Å². The molecular formula is C18H20F3N3O. The van der Waals surface area contributed by atoms with Gasteiger partial charge in [-0.25, -0.2) is 9.97 Å². The third kappa shape index (κ3) is 3.82. The van der Waals surface area contributed by atoms with E-state index in [0.29, 0.717) is 24.2 Å². The number of aliphatic hydroxyl groups is 1. The van der Waals surface area contributed by atoms with E-state index < -0.39 is 17.3 Å². The average molecular weight is 351 g/mol.